The summed E-state index contributed by atoms with van der Waals surface area (Å²) in [4.78, 5) is 23.1. The van der Waals surface area contributed by atoms with Gasteiger partial charge in [0.1, 0.15) is 17.6 Å². The molecule has 0 radical (unpaired) electrons. The monoisotopic (exact) mass is 309 g/mol. The van der Waals surface area contributed by atoms with E-state index < -0.39 is 0 Å². The Morgan fingerprint density at radius 3 is 2.87 bits per heavy atom. The molecule has 6 heteroatoms. The quantitative estimate of drug-likeness (QED) is 0.852. The van der Waals surface area contributed by atoms with E-state index in [1.54, 1.807) is 25.3 Å². The summed E-state index contributed by atoms with van der Waals surface area (Å²) in [6, 6.07) is 5.64. The lowest BCUT2D eigenvalue weighted by Gasteiger charge is -2.33. The van der Waals surface area contributed by atoms with Gasteiger partial charge in [-0.2, -0.15) is 5.26 Å². The molecule has 0 spiro atoms. The smallest absolute Gasteiger partial charge is 0.272 e. The van der Waals surface area contributed by atoms with Crippen LogP contribution in [-0.2, 0) is 0 Å². The highest BCUT2D eigenvalue weighted by Gasteiger charge is 2.26. The van der Waals surface area contributed by atoms with E-state index in [0.29, 0.717) is 23.5 Å². The molecule has 1 fully saturated rings. The number of aryl methyl sites for hydroxylation is 2. The number of carbonyl (C=O) groups excluding carboxylic acids is 1. The second-order valence-electron chi connectivity index (χ2n) is 5.87. The highest BCUT2D eigenvalue weighted by Crippen LogP contribution is 2.23. The number of aromatic nitrogens is 3. The third kappa shape index (κ3) is 2.95. The van der Waals surface area contributed by atoms with Crippen LogP contribution in [0.1, 0.15) is 46.5 Å². The summed E-state index contributed by atoms with van der Waals surface area (Å²) in [6.07, 6.45) is 5.77. The zero-order chi connectivity index (χ0) is 16.4. The first-order valence-electron chi connectivity index (χ1n) is 7.76. The molecule has 1 aliphatic rings. The summed E-state index contributed by atoms with van der Waals surface area (Å²) in [5, 5.41) is 8.97. The first-order chi connectivity index (χ1) is 11.1. The van der Waals surface area contributed by atoms with Gasteiger partial charge in [0.05, 0.1) is 17.3 Å². The number of nitrogens with zero attached hydrogens (tertiary/aromatic N) is 5. The maximum Gasteiger partial charge on any atom is 0.272 e. The Kier molecular flexibility index (Phi) is 4.11. The predicted octanol–water partition coefficient (Wildman–Crippen LogP) is 2.24. The summed E-state index contributed by atoms with van der Waals surface area (Å²) < 4.78 is 2.14. The second-order valence-corrected chi connectivity index (χ2v) is 5.87. The lowest BCUT2D eigenvalue weighted by Crippen LogP contribution is -2.41. The average molecular weight is 309 g/mol. The number of carbonyl (C=O) groups is 1. The molecule has 1 aliphatic heterocycles. The maximum absolute atomic E-state index is 12.7. The van der Waals surface area contributed by atoms with E-state index in [4.69, 9.17) is 5.26 Å². The van der Waals surface area contributed by atoms with E-state index in [9.17, 15) is 4.79 Å². The van der Waals surface area contributed by atoms with Crippen LogP contribution in [0.4, 0.5) is 0 Å². The van der Waals surface area contributed by atoms with E-state index in [-0.39, 0.29) is 11.9 Å². The van der Waals surface area contributed by atoms with Gasteiger partial charge in [-0.1, -0.05) is 0 Å². The van der Waals surface area contributed by atoms with Crippen molar-refractivity contribution in [2.45, 2.75) is 32.7 Å². The zero-order valence-electron chi connectivity index (χ0n) is 13.4. The van der Waals surface area contributed by atoms with Crippen LogP contribution in [0.25, 0.3) is 0 Å². The molecule has 0 N–H and O–H groups in total. The molecule has 2 aromatic heterocycles. The lowest BCUT2D eigenvalue weighted by atomic mass is 10.0. The van der Waals surface area contributed by atoms with Crippen LogP contribution in [0.15, 0.2) is 24.5 Å². The van der Waals surface area contributed by atoms with Gasteiger partial charge in [0.15, 0.2) is 0 Å². The molecule has 23 heavy (non-hydrogen) atoms. The fraction of sp³-hybridized carbons (Fsp3) is 0.412. The predicted molar refractivity (Wildman–Crippen MR) is 84.8 cm³/mol. The van der Waals surface area contributed by atoms with Gasteiger partial charge in [-0.05, 0) is 38.8 Å². The Morgan fingerprint density at radius 2 is 2.22 bits per heavy atom. The van der Waals surface area contributed by atoms with Crippen molar-refractivity contribution in [2.75, 3.05) is 13.1 Å². The Morgan fingerprint density at radius 1 is 1.39 bits per heavy atom. The second kappa shape index (κ2) is 6.21. The third-order valence-electron chi connectivity index (χ3n) is 4.36. The number of hydrogen-bond acceptors (Lipinski definition) is 4. The van der Waals surface area contributed by atoms with Crippen molar-refractivity contribution in [3.8, 4) is 6.07 Å². The summed E-state index contributed by atoms with van der Waals surface area (Å²) >= 11 is 0. The fourth-order valence-corrected chi connectivity index (χ4v) is 3.10. The van der Waals surface area contributed by atoms with E-state index in [2.05, 4.69) is 20.6 Å². The van der Waals surface area contributed by atoms with E-state index in [1.165, 1.54) is 0 Å². The molecular formula is C17H19N5O. The van der Waals surface area contributed by atoms with Crippen molar-refractivity contribution >= 4 is 5.91 Å². The van der Waals surface area contributed by atoms with Crippen molar-refractivity contribution in [3.63, 3.8) is 0 Å². The SMILES string of the molecule is Cc1nc(C(=O)N2CCC[C@@H](n3ccnc3C)C2)ccc1C#N. The van der Waals surface area contributed by atoms with Gasteiger partial charge >= 0.3 is 0 Å². The van der Waals surface area contributed by atoms with Gasteiger partial charge in [0, 0.05) is 25.5 Å². The molecule has 0 bridgehead atoms. The summed E-state index contributed by atoms with van der Waals surface area (Å²) in [5.41, 5.74) is 1.51. The molecule has 1 atom stereocenters. The highest BCUT2D eigenvalue weighted by molar-refractivity contribution is 5.92. The highest BCUT2D eigenvalue weighted by atomic mass is 16.2. The molecule has 3 heterocycles. The molecule has 3 rings (SSSR count). The first-order valence-corrected chi connectivity index (χ1v) is 7.76. The fourth-order valence-electron chi connectivity index (χ4n) is 3.10. The van der Waals surface area contributed by atoms with Gasteiger partial charge in [0.25, 0.3) is 5.91 Å². The lowest BCUT2D eigenvalue weighted by molar-refractivity contribution is 0.0672. The van der Waals surface area contributed by atoms with Gasteiger partial charge in [-0.15, -0.1) is 0 Å². The average Bonchev–Trinajstić information content (AvgIpc) is 3.00. The Balaban J connectivity index is 1.78. The first kappa shape index (κ1) is 15.2. The zero-order valence-corrected chi connectivity index (χ0v) is 13.4. The number of rotatable bonds is 2. The molecule has 0 saturated carbocycles. The standard InChI is InChI=1S/C17H19N5O/c1-12-14(10-18)5-6-16(20-12)17(23)21-8-3-4-15(11-21)22-9-7-19-13(22)2/h5-7,9,15H,3-4,8,11H2,1-2H3/t15-/m1/s1. The molecule has 0 unspecified atom stereocenters. The Bertz CT molecular complexity index is 774. The summed E-state index contributed by atoms with van der Waals surface area (Å²) in [6.45, 7) is 5.13. The number of piperidine rings is 1. The molecule has 1 saturated heterocycles. The van der Waals surface area contributed by atoms with Crippen molar-refractivity contribution < 1.29 is 4.79 Å². The van der Waals surface area contributed by atoms with Gasteiger partial charge in [-0.25, -0.2) is 9.97 Å². The van der Waals surface area contributed by atoms with Crippen molar-refractivity contribution in [1.29, 1.82) is 5.26 Å². The summed E-state index contributed by atoms with van der Waals surface area (Å²) in [7, 11) is 0. The van der Waals surface area contributed by atoms with Gasteiger partial charge in [0.2, 0.25) is 0 Å². The molecule has 2 aromatic rings. The number of pyridine rings is 1. The molecular weight excluding hydrogens is 290 g/mol. The van der Waals surface area contributed by atoms with Gasteiger partial charge < -0.3 is 9.47 Å². The minimum Gasteiger partial charge on any atom is -0.335 e. The van der Waals surface area contributed by atoms with Crippen LogP contribution in [0.3, 0.4) is 0 Å². The van der Waals surface area contributed by atoms with Crippen molar-refractivity contribution in [3.05, 3.63) is 47.3 Å². The number of likely N-dealkylation sites (tertiary alicyclic amines) is 1. The summed E-state index contributed by atoms with van der Waals surface area (Å²) in [5.74, 6) is 0.900. The molecule has 0 aromatic carbocycles. The maximum atomic E-state index is 12.7. The topological polar surface area (TPSA) is 74.8 Å². The normalized spacial score (nSPS) is 17.8. The van der Waals surface area contributed by atoms with Crippen LogP contribution in [0.2, 0.25) is 0 Å². The van der Waals surface area contributed by atoms with Crippen LogP contribution >= 0.6 is 0 Å². The van der Waals surface area contributed by atoms with Crippen LogP contribution < -0.4 is 0 Å². The minimum absolute atomic E-state index is 0.0694. The molecule has 6 nitrogen and oxygen atoms in total. The van der Waals surface area contributed by atoms with E-state index in [0.717, 1.165) is 25.2 Å². The number of imidazole rings is 1. The molecule has 0 aliphatic carbocycles. The number of nitriles is 1. The molecule has 118 valence electrons. The Hall–Kier alpha value is -2.68. The number of amides is 1. The van der Waals surface area contributed by atoms with Crippen molar-refractivity contribution in [2.24, 2.45) is 0 Å². The third-order valence-corrected chi connectivity index (χ3v) is 4.36. The number of hydrogen-bond donors (Lipinski definition) is 0. The van der Waals surface area contributed by atoms with Crippen LogP contribution in [0, 0.1) is 25.2 Å². The van der Waals surface area contributed by atoms with E-state index in [1.807, 2.05) is 18.0 Å². The van der Waals surface area contributed by atoms with Crippen LogP contribution in [-0.4, -0.2) is 38.4 Å². The van der Waals surface area contributed by atoms with Gasteiger partial charge in [-0.3, -0.25) is 4.79 Å². The minimum atomic E-state index is -0.0694. The van der Waals surface area contributed by atoms with Crippen molar-refractivity contribution in [1.82, 2.24) is 19.4 Å². The van der Waals surface area contributed by atoms with E-state index >= 15 is 0 Å². The largest absolute Gasteiger partial charge is 0.335 e. The Labute approximate surface area is 135 Å². The van der Waals surface area contributed by atoms with Crippen LogP contribution in [0.5, 0.6) is 0 Å². The molecule has 1 amide bonds.